The van der Waals surface area contributed by atoms with Crippen LogP contribution in [0.4, 0.5) is 4.39 Å². The molecule has 0 bridgehead atoms. The highest BCUT2D eigenvalue weighted by molar-refractivity contribution is 5.77. The molecule has 1 aliphatic heterocycles. The second kappa shape index (κ2) is 5.48. The Morgan fingerprint density at radius 3 is 3.06 bits per heavy atom. The first-order valence-corrected chi connectivity index (χ1v) is 6.42. The summed E-state index contributed by atoms with van der Waals surface area (Å²) < 4.78 is 13.9. The van der Waals surface area contributed by atoms with Crippen molar-refractivity contribution >= 4 is 5.91 Å². The van der Waals surface area contributed by atoms with E-state index < -0.39 is 0 Å². The van der Waals surface area contributed by atoms with Crippen LogP contribution in [0.1, 0.15) is 36.9 Å². The van der Waals surface area contributed by atoms with Crippen molar-refractivity contribution in [2.24, 2.45) is 5.73 Å². The van der Waals surface area contributed by atoms with Gasteiger partial charge in [0, 0.05) is 18.5 Å². The third-order valence-corrected chi connectivity index (χ3v) is 3.57. The van der Waals surface area contributed by atoms with Gasteiger partial charge >= 0.3 is 0 Å². The Morgan fingerprint density at radius 1 is 1.56 bits per heavy atom. The van der Waals surface area contributed by atoms with Gasteiger partial charge in [-0.2, -0.15) is 0 Å². The van der Waals surface area contributed by atoms with Crippen molar-refractivity contribution in [2.45, 2.75) is 32.2 Å². The van der Waals surface area contributed by atoms with E-state index in [4.69, 9.17) is 5.73 Å². The van der Waals surface area contributed by atoms with Gasteiger partial charge in [0.25, 0.3) is 0 Å². The third kappa shape index (κ3) is 2.38. The van der Waals surface area contributed by atoms with Gasteiger partial charge in [-0.15, -0.1) is 0 Å². The summed E-state index contributed by atoms with van der Waals surface area (Å²) in [6.07, 6.45) is 1.86. The lowest BCUT2D eigenvalue weighted by molar-refractivity contribution is -0.133. The lowest BCUT2D eigenvalue weighted by atomic mass is 9.92. The molecule has 1 amide bonds. The summed E-state index contributed by atoms with van der Waals surface area (Å²) in [5.74, 6) is -0.141. The first-order valence-electron chi connectivity index (χ1n) is 6.42. The summed E-state index contributed by atoms with van der Waals surface area (Å²) in [6.45, 7) is 3.07. The summed E-state index contributed by atoms with van der Waals surface area (Å²) in [6, 6.07) is 4.95. The highest BCUT2D eigenvalue weighted by Gasteiger charge is 2.29. The Kier molecular flexibility index (Phi) is 3.97. The number of fused-ring (bicyclic) bond motifs is 1. The number of nitrogens with zero attached hydrogens (tertiary/aromatic N) is 1. The molecule has 3 nitrogen and oxygen atoms in total. The van der Waals surface area contributed by atoms with Crippen LogP contribution in [0.3, 0.4) is 0 Å². The molecule has 2 rings (SSSR count). The Labute approximate surface area is 107 Å². The Balaban J connectivity index is 2.19. The van der Waals surface area contributed by atoms with E-state index in [-0.39, 0.29) is 17.8 Å². The van der Waals surface area contributed by atoms with Gasteiger partial charge in [-0.05, 0) is 37.9 Å². The Hall–Kier alpha value is -1.42. The van der Waals surface area contributed by atoms with Crippen molar-refractivity contribution < 1.29 is 9.18 Å². The lowest BCUT2D eigenvalue weighted by Crippen LogP contribution is -2.39. The molecule has 18 heavy (non-hydrogen) atoms. The zero-order valence-electron chi connectivity index (χ0n) is 10.7. The summed E-state index contributed by atoms with van der Waals surface area (Å²) in [5, 5.41) is 0. The predicted octanol–water partition coefficient (Wildman–Crippen LogP) is 2.01. The number of hydrogen-bond acceptors (Lipinski definition) is 2. The average Bonchev–Trinajstić information content (AvgIpc) is 2.36. The van der Waals surface area contributed by atoms with E-state index in [0.29, 0.717) is 31.5 Å². The van der Waals surface area contributed by atoms with E-state index >= 15 is 0 Å². The van der Waals surface area contributed by atoms with Gasteiger partial charge in [0.05, 0.1) is 6.04 Å². The molecule has 0 radical (unpaired) electrons. The van der Waals surface area contributed by atoms with E-state index in [1.165, 1.54) is 6.07 Å². The van der Waals surface area contributed by atoms with Gasteiger partial charge in [-0.25, -0.2) is 4.39 Å². The fourth-order valence-electron chi connectivity index (χ4n) is 2.60. The van der Waals surface area contributed by atoms with Crippen LogP contribution in [0.15, 0.2) is 18.2 Å². The predicted molar refractivity (Wildman–Crippen MR) is 68.5 cm³/mol. The smallest absolute Gasteiger partial charge is 0.223 e. The number of carbonyl (C=O) groups excluding carboxylic acids is 1. The molecule has 1 heterocycles. The SMILES string of the molecule is C[C@H]1c2c(F)cccc2CCN1C(=O)CCCN. The van der Waals surface area contributed by atoms with Crippen LogP contribution in [-0.4, -0.2) is 23.9 Å². The zero-order chi connectivity index (χ0) is 13.1. The second-order valence-electron chi connectivity index (χ2n) is 4.72. The number of nitrogens with two attached hydrogens (primary N) is 1. The minimum Gasteiger partial charge on any atom is -0.335 e. The topological polar surface area (TPSA) is 46.3 Å². The quantitative estimate of drug-likeness (QED) is 0.892. The minimum atomic E-state index is -0.212. The molecule has 2 N–H and O–H groups in total. The number of hydrogen-bond donors (Lipinski definition) is 1. The number of amides is 1. The Morgan fingerprint density at radius 2 is 2.33 bits per heavy atom. The van der Waals surface area contributed by atoms with E-state index in [0.717, 1.165) is 12.0 Å². The number of carbonyl (C=O) groups is 1. The normalized spacial score (nSPS) is 18.6. The molecular weight excluding hydrogens is 231 g/mol. The van der Waals surface area contributed by atoms with Crippen molar-refractivity contribution in [1.82, 2.24) is 4.90 Å². The van der Waals surface area contributed by atoms with Gasteiger partial charge in [-0.3, -0.25) is 4.79 Å². The molecule has 0 aromatic heterocycles. The maximum atomic E-state index is 13.9. The number of halogens is 1. The molecule has 0 aliphatic carbocycles. The van der Waals surface area contributed by atoms with Crippen LogP contribution in [0, 0.1) is 5.82 Å². The maximum Gasteiger partial charge on any atom is 0.223 e. The van der Waals surface area contributed by atoms with Crippen LogP contribution in [0.25, 0.3) is 0 Å². The maximum absolute atomic E-state index is 13.9. The Bertz CT molecular complexity index is 447. The molecule has 0 saturated heterocycles. The minimum absolute atomic E-state index is 0.0712. The van der Waals surface area contributed by atoms with Crippen molar-refractivity contribution in [3.05, 3.63) is 35.1 Å². The van der Waals surface area contributed by atoms with Crippen LogP contribution >= 0.6 is 0 Å². The largest absolute Gasteiger partial charge is 0.335 e. The van der Waals surface area contributed by atoms with Gasteiger partial charge < -0.3 is 10.6 Å². The zero-order valence-corrected chi connectivity index (χ0v) is 10.7. The van der Waals surface area contributed by atoms with Crippen LogP contribution in [0.5, 0.6) is 0 Å². The van der Waals surface area contributed by atoms with E-state index in [1.807, 2.05) is 13.0 Å². The van der Waals surface area contributed by atoms with Crippen molar-refractivity contribution in [2.75, 3.05) is 13.1 Å². The molecule has 1 atom stereocenters. The highest BCUT2D eigenvalue weighted by Crippen LogP contribution is 2.31. The molecule has 0 unspecified atom stereocenters. The van der Waals surface area contributed by atoms with Crippen LogP contribution < -0.4 is 5.73 Å². The monoisotopic (exact) mass is 250 g/mol. The molecule has 4 heteroatoms. The fourth-order valence-corrected chi connectivity index (χ4v) is 2.60. The van der Waals surface area contributed by atoms with Crippen molar-refractivity contribution in [1.29, 1.82) is 0 Å². The van der Waals surface area contributed by atoms with Crippen LogP contribution in [-0.2, 0) is 11.2 Å². The summed E-state index contributed by atoms with van der Waals surface area (Å²) >= 11 is 0. The number of benzene rings is 1. The molecule has 0 spiro atoms. The highest BCUT2D eigenvalue weighted by atomic mass is 19.1. The first-order chi connectivity index (χ1) is 8.65. The molecule has 0 fully saturated rings. The lowest BCUT2D eigenvalue weighted by Gasteiger charge is -2.35. The third-order valence-electron chi connectivity index (χ3n) is 3.57. The summed E-state index contributed by atoms with van der Waals surface area (Å²) in [5.41, 5.74) is 7.10. The van der Waals surface area contributed by atoms with E-state index in [2.05, 4.69) is 0 Å². The number of rotatable bonds is 3. The first kappa shape index (κ1) is 13.0. The average molecular weight is 250 g/mol. The summed E-state index contributed by atoms with van der Waals surface area (Å²) in [7, 11) is 0. The molecule has 1 aliphatic rings. The van der Waals surface area contributed by atoms with E-state index in [1.54, 1.807) is 11.0 Å². The van der Waals surface area contributed by atoms with Gasteiger partial charge in [0.1, 0.15) is 5.82 Å². The second-order valence-corrected chi connectivity index (χ2v) is 4.72. The van der Waals surface area contributed by atoms with Crippen molar-refractivity contribution in [3.8, 4) is 0 Å². The molecule has 98 valence electrons. The molecule has 0 saturated carbocycles. The molecule has 1 aromatic rings. The fraction of sp³-hybridized carbons (Fsp3) is 0.500. The van der Waals surface area contributed by atoms with E-state index in [9.17, 15) is 9.18 Å². The van der Waals surface area contributed by atoms with Gasteiger partial charge in [0.15, 0.2) is 0 Å². The molecular formula is C14H19FN2O. The molecule has 1 aromatic carbocycles. The van der Waals surface area contributed by atoms with Crippen molar-refractivity contribution in [3.63, 3.8) is 0 Å². The van der Waals surface area contributed by atoms with Gasteiger partial charge in [0.2, 0.25) is 5.91 Å². The van der Waals surface area contributed by atoms with Gasteiger partial charge in [-0.1, -0.05) is 12.1 Å². The standard InChI is InChI=1S/C14H19FN2O/c1-10-14-11(4-2-5-12(14)15)7-9-17(10)13(18)6-3-8-16/h2,4-5,10H,3,6-9,16H2,1H3/t10-/m0/s1. The summed E-state index contributed by atoms with van der Waals surface area (Å²) in [4.78, 5) is 13.8. The van der Waals surface area contributed by atoms with Crippen LogP contribution in [0.2, 0.25) is 0 Å².